The first-order valence-corrected chi connectivity index (χ1v) is 23.0. The Labute approximate surface area is 353 Å². The van der Waals surface area contributed by atoms with E-state index in [-0.39, 0.29) is 34.1 Å². The minimum Gasteiger partial charge on any atom is -0.214 e. The molecule has 0 saturated heterocycles. The van der Waals surface area contributed by atoms with Gasteiger partial charge in [-0.15, -0.1) is 35.4 Å². The summed E-state index contributed by atoms with van der Waals surface area (Å²) in [4.78, 5) is 0. The monoisotopic (exact) mass is 820 g/mol. The van der Waals surface area contributed by atoms with Crippen molar-refractivity contribution in [2.45, 2.75) is 91.4 Å². The molecule has 0 amide bonds. The summed E-state index contributed by atoms with van der Waals surface area (Å²) in [7, 11) is -1.95. The van der Waals surface area contributed by atoms with Gasteiger partial charge in [0.25, 0.3) is 0 Å². The summed E-state index contributed by atoms with van der Waals surface area (Å²) in [5, 5.41) is 0. The fraction of sp³-hybridized carbons (Fsp3) is 0.308. The predicted octanol–water partition coefficient (Wildman–Crippen LogP) is 14.0. The van der Waals surface area contributed by atoms with Crippen molar-refractivity contribution in [1.29, 1.82) is 0 Å². The van der Waals surface area contributed by atoms with Crippen molar-refractivity contribution >= 4 is 20.2 Å². The second kappa shape index (κ2) is 15.8. The van der Waals surface area contributed by atoms with Crippen molar-refractivity contribution in [1.82, 2.24) is 0 Å². The van der Waals surface area contributed by atoms with E-state index >= 15 is 0 Å². The second-order valence-corrected chi connectivity index (χ2v) is 23.4. The third kappa shape index (κ3) is 7.69. The number of allylic oxidation sites excluding steroid dienone is 2. The van der Waals surface area contributed by atoms with Crippen LogP contribution < -0.4 is 0 Å². The summed E-state index contributed by atoms with van der Waals surface area (Å²) in [6.07, 6.45) is 9.92. The van der Waals surface area contributed by atoms with Crippen molar-refractivity contribution in [3.8, 4) is 22.3 Å². The fourth-order valence-electron chi connectivity index (χ4n) is 10.9. The maximum Gasteiger partial charge on any atom is 2.00 e. The van der Waals surface area contributed by atoms with Crippen LogP contribution in [0.1, 0.15) is 97.1 Å². The standard InChI is InChI=1S/C42H46Si.2C5H5.2Fe/c1-25-17-31-33(19-29-21-41(3,4)23-35(29)37(31)27-13-9-10-14-27)39(25)43(7,8)40-26(2)18-32-34(40)20-30-22-42(5,6)24-36(30)38(32)28-15-11-12-16-28;2*1-2-4-5-3-1;;/h9-20,39-40H,21-24H2,1-8H3;2*1-5H;;/q-2;2*-1;2*+2. The van der Waals surface area contributed by atoms with Crippen molar-refractivity contribution in [3.63, 3.8) is 0 Å². The Morgan fingerprint density at radius 2 is 0.891 bits per heavy atom. The molecule has 3 heteroatoms. The first kappa shape index (κ1) is 41.2. The molecule has 6 aromatic rings. The molecule has 0 N–H and O–H groups in total. The fourth-order valence-corrected chi connectivity index (χ4v) is 15.8. The topological polar surface area (TPSA) is 0 Å². The number of hydrogen-bond donors (Lipinski definition) is 0. The Kier molecular flexibility index (Phi) is 11.9. The van der Waals surface area contributed by atoms with E-state index in [2.05, 4.69) is 127 Å². The quantitative estimate of drug-likeness (QED) is 0.123. The van der Waals surface area contributed by atoms with E-state index in [1.807, 2.05) is 60.7 Å². The molecule has 0 nitrogen and oxygen atoms in total. The molecule has 0 radical (unpaired) electrons. The summed E-state index contributed by atoms with van der Waals surface area (Å²) in [5.74, 6) is 0. The number of benzene rings is 2. The Morgan fingerprint density at radius 1 is 0.545 bits per heavy atom. The molecule has 0 aromatic heterocycles. The van der Waals surface area contributed by atoms with E-state index < -0.39 is 8.07 Å². The van der Waals surface area contributed by atoms with E-state index in [0.29, 0.717) is 21.9 Å². The van der Waals surface area contributed by atoms with E-state index in [0.717, 1.165) is 0 Å². The minimum absolute atomic E-state index is 0. The van der Waals surface area contributed by atoms with E-state index in [1.54, 1.807) is 44.5 Å². The maximum absolute atomic E-state index is 2.71. The molecular formula is C52H56Fe2Si. The number of rotatable bonds is 4. The van der Waals surface area contributed by atoms with Crippen LogP contribution in [0.2, 0.25) is 13.1 Å². The van der Waals surface area contributed by atoms with Gasteiger partial charge in [-0.1, -0.05) is 132 Å². The molecule has 0 bridgehead atoms. The first-order valence-electron chi connectivity index (χ1n) is 19.9. The molecule has 0 aliphatic heterocycles. The van der Waals surface area contributed by atoms with Gasteiger partial charge in [0, 0.05) is 0 Å². The Balaban J connectivity index is 0.000000374. The third-order valence-corrected chi connectivity index (χ3v) is 17.1. The molecule has 284 valence electrons. The van der Waals surface area contributed by atoms with Crippen LogP contribution in [-0.4, -0.2) is 8.07 Å². The SMILES string of the molecule is CC1=Cc2c(cc3c(c2-[c-]2cccc2)CC(C)(C)C3)C1[Si](C)(C)C1C(C)=Cc2c1cc1c(c2-[c-]2cccc2)CC(C)(C)C1.[Fe+2].[Fe+2].c1cc[cH-]c1.c1cc[cH-]c1. The summed E-state index contributed by atoms with van der Waals surface area (Å²) in [6, 6.07) is 43.6. The van der Waals surface area contributed by atoms with E-state index in [1.165, 1.54) is 59.1 Å². The molecule has 55 heavy (non-hydrogen) atoms. The van der Waals surface area contributed by atoms with Gasteiger partial charge in [0.15, 0.2) is 0 Å². The molecular weight excluding hydrogens is 764 g/mol. The van der Waals surface area contributed by atoms with Crippen LogP contribution in [0.5, 0.6) is 0 Å². The summed E-state index contributed by atoms with van der Waals surface area (Å²) in [6.45, 7) is 20.1. The van der Waals surface area contributed by atoms with Crippen molar-refractivity contribution < 1.29 is 34.1 Å². The van der Waals surface area contributed by atoms with Gasteiger partial charge < -0.3 is 0 Å². The predicted molar refractivity (Wildman–Crippen MR) is 232 cm³/mol. The van der Waals surface area contributed by atoms with E-state index in [9.17, 15) is 0 Å². The maximum atomic E-state index is 2.71. The van der Waals surface area contributed by atoms with Crippen LogP contribution in [0, 0.1) is 10.8 Å². The second-order valence-electron chi connectivity index (χ2n) is 18.6. The van der Waals surface area contributed by atoms with Crippen LogP contribution in [0.25, 0.3) is 34.4 Å². The van der Waals surface area contributed by atoms with Crippen LogP contribution >= 0.6 is 0 Å². The molecule has 0 saturated carbocycles. The molecule has 4 aliphatic rings. The van der Waals surface area contributed by atoms with E-state index in [4.69, 9.17) is 0 Å². The zero-order valence-corrected chi connectivity index (χ0v) is 37.1. The van der Waals surface area contributed by atoms with Gasteiger partial charge in [-0.05, 0) is 61.4 Å². The normalized spacial score (nSPS) is 19.2. The Bertz CT molecular complexity index is 2070. The van der Waals surface area contributed by atoms with Crippen LogP contribution in [0.3, 0.4) is 0 Å². The average Bonchev–Trinajstić information content (AvgIpc) is 3.93. The average molecular weight is 821 g/mol. The number of hydrogen-bond acceptors (Lipinski definition) is 0. The first-order chi connectivity index (χ1) is 25.3. The van der Waals surface area contributed by atoms with Gasteiger partial charge in [0.2, 0.25) is 0 Å². The molecule has 2 atom stereocenters. The molecule has 10 rings (SSSR count). The Hall–Kier alpha value is -3.42. The molecule has 4 aliphatic carbocycles. The van der Waals surface area contributed by atoms with Crippen molar-refractivity contribution in [2.24, 2.45) is 10.8 Å². The smallest absolute Gasteiger partial charge is 0.214 e. The van der Waals surface area contributed by atoms with Crippen LogP contribution in [0.15, 0.2) is 132 Å². The van der Waals surface area contributed by atoms with Crippen LogP contribution in [0.4, 0.5) is 0 Å². The molecule has 6 aromatic carbocycles. The Morgan fingerprint density at radius 3 is 1.20 bits per heavy atom. The summed E-state index contributed by atoms with van der Waals surface area (Å²) < 4.78 is 0. The molecule has 0 heterocycles. The van der Waals surface area contributed by atoms with Crippen molar-refractivity contribution in [3.05, 3.63) is 177 Å². The van der Waals surface area contributed by atoms with Crippen LogP contribution in [-0.2, 0) is 59.8 Å². The van der Waals surface area contributed by atoms with Gasteiger partial charge in [-0.2, -0.15) is 60.7 Å². The van der Waals surface area contributed by atoms with Gasteiger partial charge in [-0.25, -0.2) is 24.3 Å². The third-order valence-electron chi connectivity index (χ3n) is 12.6. The zero-order chi connectivity index (χ0) is 37.1. The molecule has 2 unspecified atom stereocenters. The minimum atomic E-state index is -1.95. The largest absolute Gasteiger partial charge is 2.00 e. The summed E-state index contributed by atoms with van der Waals surface area (Å²) >= 11 is 0. The number of fused-ring (bicyclic) bond motifs is 4. The zero-order valence-electron chi connectivity index (χ0n) is 33.9. The van der Waals surface area contributed by atoms with Gasteiger partial charge in [0.1, 0.15) is 0 Å². The molecule has 0 spiro atoms. The molecule has 0 fully saturated rings. The summed E-state index contributed by atoms with van der Waals surface area (Å²) in [5.41, 5.74) is 23.5. The van der Waals surface area contributed by atoms with Gasteiger partial charge in [-0.3, -0.25) is 0 Å². The van der Waals surface area contributed by atoms with Crippen molar-refractivity contribution in [2.75, 3.05) is 0 Å². The van der Waals surface area contributed by atoms with Gasteiger partial charge >= 0.3 is 34.1 Å². The van der Waals surface area contributed by atoms with Gasteiger partial charge in [0.05, 0.1) is 8.07 Å².